The van der Waals surface area contributed by atoms with Crippen molar-refractivity contribution >= 4 is 50.5 Å². The summed E-state index contributed by atoms with van der Waals surface area (Å²) in [5, 5.41) is 3.04. The number of aromatic nitrogens is 1. The van der Waals surface area contributed by atoms with Crippen LogP contribution in [0.4, 0.5) is 17.1 Å². The molecule has 0 atom stereocenters. The number of aryl methyl sites for hydroxylation is 1. The van der Waals surface area contributed by atoms with Crippen molar-refractivity contribution in [2.24, 2.45) is 0 Å². The molecule has 0 N–H and O–H groups in total. The molecule has 168 valence electrons. The molecule has 0 bridgehead atoms. The lowest BCUT2D eigenvalue weighted by Crippen LogP contribution is -2.09. The Morgan fingerprint density at radius 3 is 1.54 bits per heavy atom. The first-order chi connectivity index (χ1) is 17.2. The molecule has 0 saturated heterocycles. The molecular formula is C32H23ClN2. The van der Waals surface area contributed by atoms with Gasteiger partial charge < -0.3 is 4.90 Å². The minimum absolute atomic E-state index is 0.726. The molecule has 0 saturated carbocycles. The average Bonchev–Trinajstić information content (AvgIpc) is 2.90. The Bertz CT molecular complexity index is 1540. The van der Waals surface area contributed by atoms with Gasteiger partial charge in [0.25, 0.3) is 0 Å². The first-order valence-corrected chi connectivity index (χ1v) is 12.1. The summed E-state index contributed by atoms with van der Waals surface area (Å²) in [4.78, 5) is 7.14. The fourth-order valence-electron chi connectivity index (χ4n) is 4.66. The van der Waals surface area contributed by atoms with Crippen LogP contribution in [0.1, 0.15) is 5.56 Å². The maximum absolute atomic E-state index is 6.19. The van der Waals surface area contributed by atoms with Gasteiger partial charge in [-0.1, -0.05) is 77.8 Å². The average molecular weight is 471 g/mol. The van der Waals surface area contributed by atoms with Crippen molar-refractivity contribution in [2.75, 3.05) is 4.90 Å². The second kappa shape index (κ2) is 8.90. The standard InChI is InChI=1S/C32H23ClN2/c1-22-10-16-25(17-11-22)35(27-20-14-24(33)15-21-27)26-18-12-23(13-19-26)32-28-6-2-4-8-30(28)34-31-9-5-3-7-29(31)32/h2-21H,1H3. The molecule has 0 radical (unpaired) electrons. The van der Waals surface area contributed by atoms with Crippen LogP contribution >= 0.6 is 11.6 Å². The zero-order chi connectivity index (χ0) is 23.8. The molecule has 6 rings (SSSR count). The highest BCUT2D eigenvalue weighted by Crippen LogP contribution is 2.39. The fourth-order valence-corrected chi connectivity index (χ4v) is 4.79. The zero-order valence-electron chi connectivity index (χ0n) is 19.3. The molecule has 0 unspecified atom stereocenters. The van der Waals surface area contributed by atoms with Gasteiger partial charge in [-0.2, -0.15) is 0 Å². The summed E-state index contributed by atoms with van der Waals surface area (Å²) in [7, 11) is 0. The third-order valence-electron chi connectivity index (χ3n) is 6.38. The first-order valence-electron chi connectivity index (χ1n) is 11.7. The first kappa shape index (κ1) is 21.4. The van der Waals surface area contributed by atoms with Crippen molar-refractivity contribution in [3.8, 4) is 11.1 Å². The summed E-state index contributed by atoms with van der Waals surface area (Å²) in [6.07, 6.45) is 0. The van der Waals surface area contributed by atoms with E-state index in [-0.39, 0.29) is 0 Å². The zero-order valence-corrected chi connectivity index (χ0v) is 20.1. The van der Waals surface area contributed by atoms with Crippen LogP contribution in [-0.4, -0.2) is 4.98 Å². The van der Waals surface area contributed by atoms with E-state index in [4.69, 9.17) is 16.6 Å². The highest BCUT2D eigenvalue weighted by Gasteiger charge is 2.15. The maximum atomic E-state index is 6.19. The van der Waals surface area contributed by atoms with E-state index < -0.39 is 0 Å². The second-order valence-corrected chi connectivity index (χ2v) is 9.15. The summed E-state index contributed by atoms with van der Waals surface area (Å²) in [5.41, 5.74) is 8.88. The molecule has 1 aromatic heterocycles. The number of fused-ring (bicyclic) bond motifs is 2. The second-order valence-electron chi connectivity index (χ2n) is 8.72. The van der Waals surface area contributed by atoms with Crippen LogP contribution in [0.25, 0.3) is 32.9 Å². The van der Waals surface area contributed by atoms with E-state index in [0.29, 0.717) is 0 Å². The lowest BCUT2D eigenvalue weighted by atomic mass is 9.96. The van der Waals surface area contributed by atoms with Gasteiger partial charge in [-0.3, -0.25) is 0 Å². The van der Waals surface area contributed by atoms with E-state index in [2.05, 4.69) is 109 Å². The van der Waals surface area contributed by atoms with Gasteiger partial charge in [0.05, 0.1) is 11.0 Å². The van der Waals surface area contributed by atoms with Crippen molar-refractivity contribution in [1.82, 2.24) is 4.98 Å². The van der Waals surface area contributed by atoms with Crippen molar-refractivity contribution in [1.29, 1.82) is 0 Å². The Morgan fingerprint density at radius 2 is 1.00 bits per heavy atom. The molecule has 0 aliphatic rings. The lowest BCUT2D eigenvalue weighted by Gasteiger charge is -2.26. The lowest BCUT2D eigenvalue weighted by molar-refractivity contribution is 1.28. The Morgan fingerprint density at radius 1 is 0.543 bits per heavy atom. The van der Waals surface area contributed by atoms with Gasteiger partial charge in [-0.25, -0.2) is 4.98 Å². The van der Waals surface area contributed by atoms with Crippen LogP contribution in [0.2, 0.25) is 5.02 Å². The molecule has 0 aliphatic carbocycles. The molecule has 2 nitrogen and oxygen atoms in total. The number of hydrogen-bond donors (Lipinski definition) is 0. The Kier molecular flexibility index (Phi) is 5.44. The molecule has 0 spiro atoms. The molecule has 0 aliphatic heterocycles. The van der Waals surface area contributed by atoms with Crippen molar-refractivity contribution in [3.05, 3.63) is 132 Å². The van der Waals surface area contributed by atoms with Gasteiger partial charge >= 0.3 is 0 Å². The minimum Gasteiger partial charge on any atom is -0.311 e. The van der Waals surface area contributed by atoms with E-state index in [9.17, 15) is 0 Å². The quantitative estimate of drug-likeness (QED) is 0.238. The Balaban J connectivity index is 1.51. The molecule has 1 heterocycles. The topological polar surface area (TPSA) is 16.1 Å². The fraction of sp³-hybridized carbons (Fsp3) is 0.0312. The number of para-hydroxylation sites is 2. The summed E-state index contributed by atoms with van der Waals surface area (Å²) < 4.78 is 0. The number of rotatable bonds is 4. The van der Waals surface area contributed by atoms with Crippen molar-refractivity contribution in [3.63, 3.8) is 0 Å². The van der Waals surface area contributed by atoms with E-state index in [1.165, 1.54) is 16.7 Å². The van der Waals surface area contributed by atoms with Crippen LogP contribution in [-0.2, 0) is 0 Å². The smallest absolute Gasteiger partial charge is 0.0715 e. The van der Waals surface area contributed by atoms with Gasteiger partial charge in [0.1, 0.15) is 0 Å². The number of pyridine rings is 1. The third-order valence-corrected chi connectivity index (χ3v) is 6.63. The number of halogens is 1. The van der Waals surface area contributed by atoms with Gasteiger partial charge in [-0.15, -0.1) is 0 Å². The van der Waals surface area contributed by atoms with Crippen LogP contribution < -0.4 is 4.90 Å². The predicted octanol–water partition coefficient (Wildman–Crippen LogP) is 9.49. The highest BCUT2D eigenvalue weighted by molar-refractivity contribution is 6.30. The normalized spacial score (nSPS) is 11.1. The van der Waals surface area contributed by atoms with Gasteiger partial charge in [-0.05, 0) is 73.2 Å². The van der Waals surface area contributed by atoms with Gasteiger partial charge in [0.2, 0.25) is 0 Å². The predicted molar refractivity (Wildman–Crippen MR) is 149 cm³/mol. The summed E-state index contributed by atoms with van der Waals surface area (Å²) in [5.74, 6) is 0. The molecule has 0 amide bonds. The van der Waals surface area contributed by atoms with E-state index in [0.717, 1.165) is 43.9 Å². The van der Waals surface area contributed by atoms with Crippen LogP contribution in [0, 0.1) is 6.92 Å². The summed E-state index contributed by atoms with van der Waals surface area (Å²) in [6, 6.07) is 42.1. The number of hydrogen-bond acceptors (Lipinski definition) is 2. The third kappa shape index (κ3) is 4.03. The van der Waals surface area contributed by atoms with Crippen LogP contribution in [0.15, 0.2) is 121 Å². The number of benzene rings is 5. The largest absolute Gasteiger partial charge is 0.311 e. The monoisotopic (exact) mass is 470 g/mol. The molecule has 5 aromatic carbocycles. The minimum atomic E-state index is 0.726. The van der Waals surface area contributed by atoms with Crippen molar-refractivity contribution < 1.29 is 0 Å². The molecule has 0 fully saturated rings. The highest BCUT2D eigenvalue weighted by atomic mass is 35.5. The molecular weight excluding hydrogens is 448 g/mol. The SMILES string of the molecule is Cc1ccc(N(c2ccc(Cl)cc2)c2ccc(-c3c4ccccc4nc4ccccc34)cc2)cc1. The van der Waals surface area contributed by atoms with Gasteiger partial charge in [0, 0.05) is 38.4 Å². The van der Waals surface area contributed by atoms with E-state index in [1.54, 1.807) is 0 Å². The molecule has 3 heteroatoms. The summed E-state index contributed by atoms with van der Waals surface area (Å²) in [6.45, 7) is 2.11. The Labute approximate surface area is 210 Å². The Hall–Kier alpha value is -4.14. The van der Waals surface area contributed by atoms with E-state index >= 15 is 0 Å². The van der Waals surface area contributed by atoms with E-state index in [1.807, 2.05) is 24.3 Å². The van der Waals surface area contributed by atoms with Crippen LogP contribution in [0.5, 0.6) is 0 Å². The molecule has 35 heavy (non-hydrogen) atoms. The van der Waals surface area contributed by atoms with Crippen molar-refractivity contribution in [2.45, 2.75) is 6.92 Å². The molecule has 6 aromatic rings. The number of nitrogens with zero attached hydrogens (tertiary/aromatic N) is 2. The summed E-state index contributed by atoms with van der Waals surface area (Å²) >= 11 is 6.19. The number of anilines is 3. The maximum Gasteiger partial charge on any atom is 0.0715 e. The van der Waals surface area contributed by atoms with Gasteiger partial charge in [0.15, 0.2) is 0 Å². The van der Waals surface area contributed by atoms with Crippen LogP contribution in [0.3, 0.4) is 0 Å².